The van der Waals surface area contributed by atoms with Crippen molar-refractivity contribution in [2.24, 2.45) is 11.3 Å². The fourth-order valence-electron chi connectivity index (χ4n) is 10.8. The molecule has 0 radical (unpaired) electrons. The molecule has 2 saturated heterocycles. The molecule has 5 aliphatic rings. The van der Waals surface area contributed by atoms with Crippen molar-refractivity contribution in [3.8, 4) is 11.5 Å². The van der Waals surface area contributed by atoms with Gasteiger partial charge in [0, 0.05) is 67.7 Å². The molecule has 1 atom stereocenters. The molecule has 2 aliphatic heterocycles. The summed E-state index contributed by atoms with van der Waals surface area (Å²) < 4.78 is 61.9. The molecule has 10 rings (SSSR count). The van der Waals surface area contributed by atoms with Crippen LogP contribution in [0.1, 0.15) is 105 Å². The van der Waals surface area contributed by atoms with Gasteiger partial charge in [-0.2, -0.15) is 0 Å². The molecule has 67 heavy (non-hydrogen) atoms. The number of ether oxygens (including phenoxy) is 1. The van der Waals surface area contributed by atoms with Gasteiger partial charge in [0.25, 0.3) is 15.9 Å². The summed E-state index contributed by atoms with van der Waals surface area (Å²) >= 11 is 0. The predicted octanol–water partition coefficient (Wildman–Crippen LogP) is 7.23. The zero-order valence-corrected chi connectivity index (χ0v) is 39.0. The summed E-state index contributed by atoms with van der Waals surface area (Å²) in [6, 6.07) is 18.1. The predicted molar refractivity (Wildman–Crippen MR) is 253 cm³/mol. The largest absolute Gasteiger partial charge is 0.455 e. The molecule has 17 nitrogen and oxygen atoms in total. The molecule has 5 aromatic rings. The number of sulfonamides is 1. The van der Waals surface area contributed by atoms with Gasteiger partial charge < -0.3 is 25.0 Å². The number of aromatic nitrogens is 3. The third-order valence-corrected chi connectivity index (χ3v) is 17.9. The summed E-state index contributed by atoms with van der Waals surface area (Å²) in [4.78, 5) is 41.1. The van der Waals surface area contributed by atoms with Gasteiger partial charge in [-0.1, -0.05) is 24.3 Å². The lowest BCUT2D eigenvalue weighted by Gasteiger charge is -2.57. The smallest absolute Gasteiger partial charge is 0.312 e. The molecule has 3 aliphatic carbocycles. The number of nitro groups is 1. The van der Waals surface area contributed by atoms with Gasteiger partial charge in [-0.3, -0.25) is 19.8 Å². The van der Waals surface area contributed by atoms with Crippen LogP contribution in [0.25, 0.3) is 11.0 Å². The van der Waals surface area contributed by atoms with E-state index in [0.717, 1.165) is 87.8 Å². The number of carbonyl (C=O) groups excluding carboxylic acids is 1. The fraction of sp³-hybridized carbons (Fsp3) is 0.479. The molecule has 3 aromatic heterocycles. The van der Waals surface area contributed by atoms with Crippen molar-refractivity contribution in [2.75, 3.05) is 47.9 Å². The summed E-state index contributed by atoms with van der Waals surface area (Å²) in [5.74, 6) is 0.342. The molecule has 0 unspecified atom stereocenters. The Morgan fingerprint density at radius 3 is 2.45 bits per heavy atom. The summed E-state index contributed by atoms with van der Waals surface area (Å²) in [5.41, 5.74) is 2.67. The zero-order valence-electron chi connectivity index (χ0n) is 37.4. The highest BCUT2D eigenvalue weighted by atomic mass is 32.2. The lowest BCUT2D eigenvalue weighted by atomic mass is 9.59. The van der Waals surface area contributed by atoms with Crippen LogP contribution in [0.2, 0.25) is 0 Å². The number of anilines is 2. The Morgan fingerprint density at radius 1 is 0.970 bits per heavy atom. The van der Waals surface area contributed by atoms with E-state index < -0.39 is 46.9 Å². The van der Waals surface area contributed by atoms with Crippen LogP contribution in [0.15, 0.2) is 84.1 Å². The van der Waals surface area contributed by atoms with Gasteiger partial charge in [0.15, 0.2) is 9.84 Å². The summed E-state index contributed by atoms with van der Waals surface area (Å²) in [5, 5.41) is 26.2. The first-order chi connectivity index (χ1) is 32.0. The van der Waals surface area contributed by atoms with E-state index in [1.165, 1.54) is 23.4 Å². The number of hydrogen-bond acceptors (Lipinski definition) is 14. The number of rotatable bonds is 13. The number of amides is 1. The van der Waals surface area contributed by atoms with E-state index in [2.05, 4.69) is 53.0 Å². The maximum atomic E-state index is 14.0. The standard InChI is InChI=1S/C48H56N8O9S2/c1-47(58)13-10-31(11-14-47)27-50-45-41(56(59)60)24-37(29-52-45)67(63,64)53-46(57)40-9-8-34(23-43(40)65-36-22-33-12-17-49-44(33)51-28-36)54-18-15-48(16-19-54)25-35(26-48)55-20-21-66(61,62)30-42(55)39-5-3-2-4-38(39)32-6-7-32/h2-5,8-9,12,17,22-24,28-29,31-32,35,42,58H,6-7,10-11,13-16,18-21,25-27,30H2,1H3,(H,49,51)(H,50,52)(H,53,57)/t31?,42-,47?/m0/s1. The minimum atomic E-state index is -4.66. The molecule has 354 valence electrons. The molecule has 0 bridgehead atoms. The number of nitrogens with one attached hydrogen (secondary N) is 3. The van der Waals surface area contributed by atoms with E-state index >= 15 is 0 Å². The Kier molecular flexibility index (Phi) is 11.8. The number of H-pyrrole nitrogens is 1. The molecule has 1 amide bonds. The molecule has 2 aromatic carbocycles. The molecule has 4 N–H and O–H groups in total. The molecule has 3 saturated carbocycles. The number of benzene rings is 2. The highest BCUT2D eigenvalue weighted by Crippen LogP contribution is 2.54. The van der Waals surface area contributed by atoms with Gasteiger partial charge in [-0.15, -0.1) is 0 Å². The van der Waals surface area contributed by atoms with Crippen molar-refractivity contribution in [2.45, 2.75) is 99.6 Å². The molecular weight excluding hydrogens is 897 g/mol. The number of fused-ring (bicyclic) bond motifs is 1. The molecule has 1 spiro atoms. The van der Waals surface area contributed by atoms with Crippen LogP contribution in [0, 0.1) is 21.4 Å². The first-order valence-corrected chi connectivity index (χ1v) is 26.6. The zero-order chi connectivity index (χ0) is 46.7. The number of carbonyl (C=O) groups is 1. The Hall–Kier alpha value is -5.63. The number of pyridine rings is 2. The minimum Gasteiger partial charge on any atom is -0.455 e. The van der Waals surface area contributed by atoms with E-state index in [4.69, 9.17) is 4.74 Å². The Morgan fingerprint density at radius 2 is 1.72 bits per heavy atom. The van der Waals surface area contributed by atoms with Crippen molar-refractivity contribution >= 4 is 54.0 Å². The van der Waals surface area contributed by atoms with Gasteiger partial charge in [0.2, 0.25) is 5.82 Å². The van der Waals surface area contributed by atoms with Crippen LogP contribution >= 0.6 is 0 Å². The van der Waals surface area contributed by atoms with E-state index in [-0.39, 0.29) is 46.0 Å². The first-order valence-electron chi connectivity index (χ1n) is 23.3. The van der Waals surface area contributed by atoms with Gasteiger partial charge in [0.05, 0.1) is 40.0 Å². The minimum absolute atomic E-state index is 0.0784. The monoisotopic (exact) mass is 952 g/mol. The maximum absolute atomic E-state index is 14.0. The Labute approximate surface area is 389 Å². The number of aliphatic hydroxyl groups is 1. The highest BCUT2D eigenvalue weighted by Gasteiger charge is 2.51. The quantitative estimate of drug-likeness (QED) is 0.0674. The third kappa shape index (κ3) is 9.60. The van der Waals surface area contributed by atoms with Crippen molar-refractivity contribution in [3.05, 3.63) is 106 Å². The Bertz CT molecular complexity index is 2930. The maximum Gasteiger partial charge on any atom is 0.312 e. The first kappa shape index (κ1) is 45.2. The lowest BCUT2D eigenvalue weighted by molar-refractivity contribution is -0.384. The molecular formula is C48H56N8O9S2. The van der Waals surface area contributed by atoms with E-state index in [1.54, 1.807) is 31.3 Å². The van der Waals surface area contributed by atoms with Crippen molar-refractivity contribution in [3.63, 3.8) is 0 Å². The van der Waals surface area contributed by atoms with Gasteiger partial charge in [0.1, 0.15) is 22.0 Å². The topological polar surface area (TPSA) is 230 Å². The second-order valence-corrected chi connectivity index (χ2v) is 23.7. The summed E-state index contributed by atoms with van der Waals surface area (Å²) in [6.07, 6.45) is 13.1. The van der Waals surface area contributed by atoms with Crippen LogP contribution in [0.3, 0.4) is 0 Å². The normalized spacial score (nSPS) is 24.2. The van der Waals surface area contributed by atoms with Crippen LogP contribution < -0.4 is 19.7 Å². The average molecular weight is 953 g/mol. The van der Waals surface area contributed by atoms with Gasteiger partial charge in [-0.05, 0) is 124 Å². The number of hydrogen-bond donors (Lipinski definition) is 4. The summed E-state index contributed by atoms with van der Waals surface area (Å²) in [7, 11) is -7.81. The van der Waals surface area contributed by atoms with Crippen LogP contribution in [0.4, 0.5) is 17.2 Å². The fourth-order valence-corrected chi connectivity index (χ4v) is 13.3. The number of nitrogens with zero attached hydrogens (tertiary/aromatic N) is 5. The second-order valence-electron chi connectivity index (χ2n) is 19.7. The third-order valence-electron chi connectivity index (χ3n) is 15.0. The van der Waals surface area contributed by atoms with E-state index in [9.17, 15) is 36.9 Å². The lowest BCUT2D eigenvalue weighted by Crippen LogP contribution is -2.58. The van der Waals surface area contributed by atoms with Crippen molar-refractivity contribution in [1.82, 2.24) is 24.6 Å². The van der Waals surface area contributed by atoms with Crippen molar-refractivity contribution < 1.29 is 36.4 Å². The number of aromatic amines is 1. The van der Waals surface area contributed by atoms with Gasteiger partial charge in [-0.25, -0.2) is 31.5 Å². The highest BCUT2D eigenvalue weighted by molar-refractivity contribution is 7.91. The SMILES string of the molecule is CC1(O)CCC(CNc2ncc(S(=O)(=O)NC(=O)c3ccc(N4CCC5(CC4)CC(N4CCS(=O)(=O)C[C@H]4c4ccccc4C4CC4)C5)cc3Oc3cnc4[nH]ccc4c3)cc2[N+](=O)[O-])CC1. The average Bonchev–Trinajstić information content (AvgIpc) is 4.04. The summed E-state index contributed by atoms with van der Waals surface area (Å²) in [6.45, 7) is 4.18. The van der Waals surface area contributed by atoms with Crippen LogP contribution in [0.5, 0.6) is 11.5 Å². The van der Waals surface area contributed by atoms with Crippen molar-refractivity contribution in [1.29, 1.82) is 0 Å². The molecule has 5 heterocycles. The molecule has 5 fully saturated rings. The molecule has 19 heteroatoms. The van der Waals surface area contributed by atoms with E-state index in [1.807, 2.05) is 12.1 Å². The van der Waals surface area contributed by atoms with Crippen LogP contribution in [-0.4, -0.2) is 102 Å². The van der Waals surface area contributed by atoms with E-state index in [0.29, 0.717) is 49.3 Å². The number of sulfone groups is 1. The Balaban J connectivity index is 0.840. The second kappa shape index (κ2) is 17.5. The number of piperidine rings is 1. The van der Waals surface area contributed by atoms with Gasteiger partial charge >= 0.3 is 5.69 Å². The van der Waals surface area contributed by atoms with Crippen LogP contribution in [-0.2, 0) is 19.9 Å².